The van der Waals surface area contributed by atoms with E-state index in [1.165, 1.54) is 77.0 Å². The number of ether oxygens (including phenoxy) is 3. The molecule has 0 bridgehead atoms. The zero-order valence-corrected chi connectivity index (χ0v) is 37.1. The van der Waals surface area contributed by atoms with Crippen LogP contribution in [-0.2, 0) is 23.8 Å². The average Bonchev–Trinajstić information content (AvgIpc) is 3.46. The minimum Gasteiger partial charge on any atom is -0.468 e. The number of unbranched alkanes of at least 4 members (excludes halogenated alkanes) is 13. The first-order chi connectivity index (χ1) is 24.4. The molecule has 1 N–H and O–H groups in total. The van der Waals surface area contributed by atoms with E-state index in [0.717, 1.165) is 50.3 Å². The molecule has 3 atom stereocenters. The molecule has 51 heavy (non-hydrogen) atoms. The van der Waals surface area contributed by atoms with Gasteiger partial charge in [0.05, 0.1) is 19.3 Å². The molecule has 0 radical (unpaired) electrons. The molecule has 0 saturated carbocycles. The van der Waals surface area contributed by atoms with Gasteiger partial charge in [0.15, 0.2) is 0 Å². The molecule has 0 aromatic rings. The first kappa shape index (κ1) is 56.4. The molecule has 8 nitrogen and oxygen atoms in total. The molecule has 1 fully saturated rings. The van der Waals surface area contributed by atoms with Crippen LogP contribution in [-0.4, -0.2) is 70.9 Å². The highest BCUT2D eigenvalue weighted by Crippen LogP contribution is 2.21. The van der Waals surface area contributed by atoms with Crippen LogP contribution in [0.5, 0.6) is 0 Å². The number of amides is 1. The van der Waals surface area contributed by atoms with Crippen LogP contribution in [0, 0.1) is 0 Å². The van der Waals surface area contributed by atoms with Crippen LogP contribution in [0.2, 0.25) is 0 Å². The third kappa shape index (κ3) is 42.9. The summed E-state index contributed by atoms with van der Waals surface area (Å²) in [4.78, 5) is 35.5. The molecule has 0 aromatic carbocycles. The highest BCUT2D eigenvalue weighted by atomic mass is 79.9. The molecule has 1 rings (SSSR count). The maximum absolute atomic E-state index is 12.3. The lowest BCUT2D eigenvalue weighted by atomic mass is 10.0. The monoisotopic (exact) mass is 796 g/mol. The molecule has 0 aromatic heterocycles. The number of aliphatic hydroxyl groups is 1. The molecule has 1 aliphatic rings. The van der Waals surface area contributed by atoms with Crippen LogP contribution in [0.3, 0.4) is 0 Å². The lowest BCUT2D eigenvalue weighted by Gasteiger charge is -2.26. The van der Waals surface area contributed by atoms with Gasteiger partial charge in [0, 0.05) is 17.8 Å². The Morgan fingerprint density at radius 3 is 1.65 bits per heavy atom. The highest BCUT2D eigenvalue weighted by Gasteiger charge is 2.33. The number of aliphatic hydroxyl groups excluding tert-OH is 1. The summed E-state index contributed by atoms with van der Waals surface area (Å²) in [6.45, 7) is 23.4. The maximum Gasteiger partial charge on any atom is 0.410 e. The lowest BCUT2D eigenvalue weighted by Crippen LogP contribution is -2.39. The smallest absolute Gasteiger partial charge is 0.410 e. The second-order valence-electron chi connectivity index (χ2n) is 13.9. The van der Waals surface area contributed by atoms with E-state index in [1.807, 2.05) is 55.4 Å². The van der Waals surface area contributed by atoms with Gasteiger partial charge in [-0.3, -0.25) is 9.59 Å². The lowest BCUT2D eigenvalue weighted by molar-refractivity contribution is -0.150. The van der Waals surface area contributed by atoms with Gasteiger partial charge >= 0.3 is 12.1 Å². The average molecular weight is 797 g/mol. The van der Waals surface area contributed by atoms with Crippen molar-refractivity contribution in [2.75, 3.05) is 18.5 Å². The van der Waals surface area contributed by atoms with Crippen molar-refractivity contribution in [2.45, 2.75) is 235 Å². The van der Waals surface area contributed by atoms with Crippen molar-refractivity contribution in [1.29, 1.82) is 0 Å². The largest absolute Gasteiger partial charge is 0.468 e. The van der Waals surface area contributed by atoms with Crippen LogP contribution in [0.1, 0.15) is 211 Å². The predicted molar refractivity (Wildman–Crippen MR) is 221 cm³/mol. The molecule has 9 heteroatoms. The predicted octanol–water partition coefficient (Wildman–Crippen LogP) is 12.7. The second kappa shape index (κ2) is 43.1. The molecule has 3 unspecified atom stereocenters. The molecular weight excluding hydrogens is 710 g/mol. The van der Waals surface area contributed by atoms with Crippen LogP contribution < -0.4 is 0 Å². The Kier molecular flexibility index (Phi) is 47.6. The molecule has 0 aliphatic carbocycles. The van der Waals surface area contributed by atoms with E-state index in [-0.39, 0.29) is 24.2 Å². The topological polar surface area (TPSA) is 102 Å². The van der Waals surface area contributed by atoms with Crippen molar-refractivity contribution in [3.63, 3.8) is 0 Å². The van der Waals surface area contributed by atoms with Gasteiger partial charge in [-0.25, -0.2) is 4.79 Å². The Hall–Kier alpha value is -1.35. The minimum absolute atomic E-state index is 0.0150. The number of likely N-dealkylation sites (tertiary alicyclic amines) is 1. The van der Waals surface area contributed by atoms with Crippen molar-refractivity contribution in [2.24, 2.45) is 0 Å². The van der Waals surface area contributed by atoms with Crippen LogP contribution >= 0.6 is 15.9 Å². The van der Waals surface area contributed by atoms with E-state index in [2.05, 4.69) is 41.4 Å². The summed E-state index contributed by atoms with van der Waals surface area (Å²) in [5.74, 6) is -0.0150. The van der Waals surface area contributed by atoms with Gasteiger partial charge < -0.3 is 24.2 Å². The van der Waals surface area contributed by atoms with Gasteiger partial charge in [-0.15, -0.1) is 0 Å². The molecule has 1 amide bonds. The first-order valence-electron chi connectivity index (χ1n) is 20.9. The number of carbonyl (C=O) groups excluding carboxylic acids is 3. The zero-order chi connectivity index (χ0) is 39.8. The number of carbonyl (C=O) groups is 3. The molecule has 1 heterocycles. The first-order valence-corrected chi connectivity index (χ1v) is 22.1. The summed E-state index contributed by atoms with van der Waals surface area (Å²) in [5.41, 5.74) is -0.468. The standard InChI is InChI=1S/C25H48O4.C10H19NO3.C3H7Br.2C2H6/c1-3-5-7-9-12-16-20-24(19-15-11-8-6-4-2)29-25(27)21-17-13-10-14-18-22-28-23-26;1-7-5-8(12)6-11(7)9(13)14-10(2,3)4;1-2-3-4;2*1-2/h23-24H,3-22H2,1-2H3;7-8,12H,5-6H2,1-4H3;2-3H2,1H3;2*1-2H3. The Balaban J connectivity index is -0.000000413. The summed E-state index contributed by atoms with van der Waals surface area (Å²) in [7, 11) is 0. The number of hydrogen-bond acceptors (Lipinski definition) is 7. The number of rotatable bonds is 24. The fourth-order valence-electron chi connectivity index (χ4n) is 5.25. The Bertz CT molecular complexity index is 730. The summed E-state index contributed by atoms with van der Waals surface area (Å²) in [6.07, 6.45) is 22.8. The molecule has 308 valence electrons. The normalized spacial score (nSPS) is 15.3. The van der Waals surface area contributed by atoms with Crippen LogP contribution in [0.15, 0.2) is 0 Å². The van der Waals surface area contributed by atoms with E-state index >= 15 is 0 Å². The number of hydrogen-bond donors (Lipinski definition) is 1. The summed E-state index contributed by atoms with van der Waals surface area (Å²) < 4.78 is 15.7. The van der Waals surface area contributed by atoms with Gasteiger partial charge in [-0.05, 0) is 79.1 Å². The summed E-state index contributed by atoms with van der Waals surface area (Å²) in [6, 6.07) is 0.0693. The summed E-state index contributed by atoms with van der Waals surface area (Å²) >= 11 is 3.25. The van der Waals surface area contributed by atoms with E-state index in [4.69, 9.17) is 9.47 Å². The number of esters is 1. The fraction of sp³-hybridized carbons (Fsp3) is 0.929. The number of alkyl halides is 1. The third-order valence-corrected chi connectivity index (χ3v) is 8.68. The van der Waals surface area contributed by atoms with E-state index < -0.39 is 11.7 Å². The van der Waals surface area contributed by atoms with Crippen LogP contribution in [0.4, 0.5) is 4.79 Å². The van der Waals surface area contributed by atoms with Crippen molar-refractivity contribution >= 4 is 34.5 Å². The van der Waals surface area contributed by atoms with Crippen molar-refractivity contribution in [1.82, 2.24) is 4.90 Å². The highest BCUT2D eigenvalue weighted by molar-refractivity contribution is 9.09. The van der Waals surface area contributed by atoms with Gasteiger partial charge in [0.1, 0.15) is 11.7 Å². The molecule has 1 saturated heterocycles. The third-order valence-electron chi connectivity index (χ3n) is 7.89. The number of β-amino-alcohol motifs (C(OH)–C–C–N with tert-alkyl or cyclic N) is 1. The van der Waals surface area contributed by atoms with Gasteiger partial charge in [-0.2, -0.15) is 0 Å². The van der Waals surface area contributed by atoms with Gasteiger partial charge in [-0.1, -0.05) is 141 Å². The van der Waals surface area contributed by atoms with E-state index in [0.29, 0.717) is 32.5 Å². The maximum atomic E-state index is 12.3. The van der Waals surface area contributed by atoms with Gasteiger partial charge in [0.25, 0.3) is 6.47 Å². The van der Waals surface area contributed by atoms with Gasteiger partial charge in [0.2, 0.25) is 0 Å². The number of nitrogens with zero attached hydrogens (tertiary/aromatic N) is 1. The van der Waals surface area contributed by atoms with Crippen molar-refractivity contribution < 1.29 is 33.7 Å². The fourth-order valence-corrected chi connectivity index (χ4v) is 5.25. The Labute approximate surface area is 325 Å². The summed E-state index contributed by atoms with van der Waals surface area (Å²) in [5, 5.41) is 10.5. The van der Waals surface area contributed by atoms with Crippen LogP contribution in [0.25, 0.3) is 0 Å². The molecule has 1 aliphatic heterocycles. The zero-order valence-electron chi connectivity index (χ0n) is 35.5. The SMILES string of the molecule is CC.CC.CC1CC(O)CN1C(=O)OC(C)(C)C.CCCBr.CCCCCCCCC(CCCCCCC)OC(=O)CCCCCCCOC=O. The molecular formula is C42H86BrNO7. The van der Waals surface area contributed by atoms with E-state index in [1.54, 1.807) is 4.90 Å². The number of halogens is 1. The van der Waals surface area contributed by atoms with E-state index in [9.17, 15) is 19.5 Å². The molecule has 0 spiro atoms. The Morgan fingerprint density at radius 1 is 0.784 bits per heavy atom. The van der Waals surface area contributed by atoms with Crippen molar-refractivity contribution in [3.8, 4) is 0 Å². The Morgan fingerprint density at radius 2 is 1.24 bits per heavy atom. The van der Waals surface area contributed by atoms with Crippen molar-refractivity contribution in [3.05, 3.63) is 0 Å². The quantitative estimate of drug-likeness (QED) is 0.0341. The second-order valence-corrected chi connectivity index (χ2v) is 14.7. The minimum atomic E-state index is -0.468.